The number of anilines is 1. The highest BCUT2D eigenvalue weighted by Crippen LogP contribution is 2.23. The van der Waals surface area contributed by atoms with Crippen molar-refractivity contribution >= 4 is 5.82 Å². The van der Waals surface area contributed by atoms with Crippen molar-refractivity contribution in [3.63, 3.8) is 0 Å². The average molecular weight is 278 g/mol. The van der Waals surface area contributed by atoms with E-state index in [1.54, 1.807) is 0 Å². The highest BCUT2D eigenvalue weighted by molar-refractivity contribution is 5.34. The Kier molecular flexibility index (Phi) is 4.96. The van der Waals surface area contributed by atoms with E-state index in [2.05, 4.69) is 40.0 Å². The van der Waals surface area contributed by atoms with Crippen molar-refractivity contribution in [1.82, 2.24) is 14.8 Å². The third-order valence-corrected chi connectivity index (χ3v) is 4.02. The predicted octanol–water partition coefficient (Wildman–Crippen LogP) is 1.01. The van der Waals surface area contributed by atoms with Crippen LogP contribution in [0.1, 0.15) is 19.4 Å². The third-order valence-electron chi connectivity index (χ3n) is 4.02. The zero-order valence-electron chi connectivity index (χ0n) is 12.8. The van der Waals surface area contributed by atoms with Crippen LogP contribution in [0, 0.1) is 0 Å². The lowest BCUT2D eigenvalue weighted by Gasteiger charge is -2.47. The van der Waals surface area contributed by atoms with Gasteiger partial charge < -0.3 is 10.4 Å². The second-order valence-corrected chi connectivity index (χ2v) is 6.04. The minimum Gasteiger partial charge on any atom is -0.395 e. The first-order chi connectivity index (χ1) is 9.55. The van der Waals surface area contributed by atoms with Crippen molar-refractivity contribution < 1.29 is 5.11 Å². The first-order valence-corrected chi connectivity index (χ1v) is 7.26. The van der Waals surface area contributed by atoms with Gasteiger partial charge in [-0.15, -0.1) is 0 Å². The summed E-state index contributed by atoms with van der Waals surface area (Å²) in [5.41, 5.74) is 1.36. The molecule has 112 valence electrons. The SMILES string of the molecule is CNc1ccc(CN2CCN(CCO)CC2(C)C)cn1. The normalized spacial score (nSPS) is 20.0. The van der Waals surface area contributed by atoms with E-state index in [0.29, 0.717) is 0 Å². The summed E-state index contributed by atoms with van der Waals surface area (Å²) >= 11 is 0. The summed E-state index contributed by atoms with van der Waals surface area (Å²) in [6.45, 7) is 9.53. The molecular weight excluding hydrogens is 252 g/mol. The number of aliphatic hydroxyl groups is 1. The Labute approximate surface area is 121 Å². The maximum Gasteiger partial charge on any atom is 0.125 e. The summed E-state index contributed by atoms with van der Waals surface area (Å²) < 4.78 is 0. The number of nitrogens with zero attached hydrogens (tertiary/aromatic N) is 3. The van der Waals surface area contributed by atoms with E-state index >= 15 is 0 Å². The molecule has 0 unspecified atom stereocenters. The monoisotopic (exact) mass is 278 g/mol. The molecule has 0 amide bonds. The summed E-state index contributed by atoms with van der Waals surface area (Å²) in [5, 5.41) is 12.1. The van der Waals surface area contributed by atoms with Crippen LogP contribution in [0.15, 0.2) is 18.3 Å². The summed E-state index contributed by atoms with van der Waals surface area (Å²) in [4.78, 5) is 9.20. The molecule has 2 rings (SSSR count). The fraction of sp³-hybridized carbons (Fsp3) is 0.667. The number of pyridine rings is 1. The summed E-state index contributed by atoms with van der Waals surface area (Å²) in [7, 11) is 1.88. The van der Waals surface area contributed by atoms with Crippen molar-refractivity contribution in [1.29, 1.82) is 0 Å². The lowest BCUT2D eigenvalue weighted by Crippen LogP contribution is -2.59. The molecule has 0 saturated carbocycles. The van der Waals surface area contributed by atoms with Crippen LogP contribution < -0.4 is 5.32 Å². The van der Waals surface area contributed by atoms with Crippen molar-refractivity contribution in [2.45, 2.75) is 25.9 Å². The highest BCUT2D eigenvalue weighted by atomic mass is 16.3. The first kappa shape index (κ1) is 15.2. The molecule has 1 aliphatic heterocycles. The van der Waals surface area contributed by atoms with Crippen LogP contribution in [-0.2, 0) is 6.54 Å². The fourth-order valence-electron chi connectivity index (χ4n) is 2.80. The molecule has 1 aliphatic rings. The minimum atomic E-state index is 0.120. The van der Waals surface area contributed by atoms with Gasteiger partial charge in [0.15, 0.2) is 0 Å². The maximum atomic E-state index is 9.07. The minimum absolute atomic E-state index is 0.120. The van der Waals surface area contributed by atoms with Crippen molar-refractivity contribution in [2.75, 3.05) is 45.2 Å². The van der Waals surface area contributed by atoms with E-state index in [-0.39, 0.29) is 12.1 Å². The van der Waals surface area contributed by atoms with Crippen LogP contribution >= 0.6 is 0 Å². The Morgan fingerprint density at radius 2 is 2.15 bits per heavy atom. The van der Waals surface area contributed by atoms with Crippen molar-refractivity contribution in [3.8, 4) is 0 Å². The lowest BCUT2D eigenvalue weighted by atomic mass is 9.98. The average Bonchev–Trinajstić information content (AvgIpc) is 2.42. The van der Waals surface area contributed by atoms with Gasteiger partial charge in [-0.05, 0) is 25.5 Å². The number of aliphatic hydroxyl groups excluding tert-OH is 1. The smallest absolute Gasteiger partial charge is 0.125 e. The molecule has 0 bridgehead atoms. The largest absolute Gasteiger partial charge is 0.395 e. The molecular formula is C15H26N4O. The van der Waals surface area contributed by atoms with Gasteiger partial charge in [0.2, 0.25) is 0 Å². The number of hydrogen-bond acceptors (Lipinski definition) is 5. The molecule has 2 N–H and O–H groups in total. The number of aromatic nitrogens is 1. The standard InChI is InChI=1S/C15H26N4O/c1-15(2)12-18(8-9-20)6-7-19(15)11-13-4-5-14(16-3)17-10-13/h4-5,10,20H,6-9,11-12H2,1-3H3,(H,16,17). The highest BCUT2D eigenvalue weighted by Gasteiger charge is 2.33. The molecule has 0 radical (unpaired) electrons. The Hall–Kier alpha value is -1.17. The van der Waals surface area contributed by atoms with Crippen LogP contribution in [0.25, 0.3) is 0 Å². The van der Waals surface area contributed by atoms with E-state index < -0.39 is 0 Å². The van der Waals surface area contributed by atoms with Gasteiger partial charge in [0, 0.05) is 51.5 Å². The molecule has 1 aromatic heterocycles. The van der Waals surface area contributed by atoms with E-state index in [4.69, 9.17) is 5.11 Å². The molecule has 0 atom stereocenters. The number of rotatable bonds is 5. The molecule has 5 heteroatoms. The molecule has 5 nitrogen and oxygen atoms in total. The molecule has 2 heterocycles. The van der Waals surface area contributed by atoms with Gasteiger partial charge in [-0.3, -0.25) is 9.80 Å². The van der Waals surface area contributed by atoms with Crippen LogP contribution in [0.5, 0.6) is 0 Å². The Bertz CT molecular complexity index is 418. The number of β-amino-alcohol motifs (C(OH)–C–C–N with tert-alkyl or cyclic N) is 1. The van der Waals surface area contributed by atoms with Gasteiger partial charge in [0.25, 0.3) is 0 Å². The summed E-state index contributed by atoms with van der Waals surface area (Å²) in [5.74, 6) is 0.903. The molecule has 0 aliphatic carbocycles. The van der Waals surface area contributed by atoms with Crippen molar-refractivity contribution in [3.05, 3.63) is 23.9 Å². The van der Waals surface area contributed by atoms with Gasteiger partial charge >= 0.3 is 0 Å². The van der Waals surface area contributed by atoms with E-state index in [1.165, 1.54) is 5.56 Å². The second kappa shape index (κ2) is 6.52. The predicted molar refractivity (Wildman–Crippen MR) is 81.8 cm³/mol. The van der Waals surface area contributed by atoms with Gasteiger partial charge in [-0.2, -0.15) is 0 Å². The van der Waals surface area contributed by atoms with Crippen LogP contribution in [-0.4, -0.2) is 65.3 Å². The molecule has 1 aromatic rings. The van der Waals surface area contributed by atoms with Gasteiger partial charge in [-0.25, -0.2) is 4.98 Å². The van der Waals surface area contributed by atoms with Gasteiger partial charge in [0.05, 0.1) is 6.61 Å². The molecule has 0 spiro atoms. The lowest BCUT2D eigenvalue weighted by molar-refractivity contribution is 0.00785. The number of hydrogen-bond donors (Lipinski definition) is 2. The maximum absolute atomic E-state index is 9.07. The first-order valence-electron chi connectivity index (χ1n) is 7.26. The summed E-state index contributed by atoms with van der Waals surface area (Å²) in [6, 6.07) is 4.15. The molecule has 20 heavy (non-hydrogen) atoms. The zero-order valence-corrected chi connectivity index (χ0v) is 12.8. The topological polar surface area (TPSA) is 51.6 Å². The molecule has 1 saturated heterocycles. The van der Waals surface area contributed by atoms with E-state index in [9.17, 15) is 0 Å². The van der Waals surface area contributed by atoms with Crippen LogP contribution in [0.2, 0.25) is 0 Å². The molecule has 0 aromatic carbocycles. The van der Waals surface area contributed by atoms with Crippen LogP contribution in [0.4, 0.5) is 5.82 Å². The third kappa shape index (κ3) is 3.69. The van der Waals surface area contributed by atoms with Crippen LogP contribution in [0.3, 0.4) is 0 Å². The molecule has 1 fully saturated rings. The quantitative estimate of drug-likeness (QED) is 0.842. The number of piperazine rings is 1. The van der Waals surface area contributed by atoms with E-state index in [1.807, 2.05) is 19.3 Å². The fourth-order valence-corrected chi connectivity index (χ4v) is 2.80. The Balaban J connectivity index is 1.98. The van der Waals surface area contributed by atoms with Gasteiger partial charge in [0.1, 0.15) is 5.82 Å². The summed E-state index contributed by atoms with van der Waals surface area (Å²) in [6.07, 6.45) is 1.95. The zero-order chi connectivity index (χ0) is 14.6. The Morgan fingerprint density at radius 3 is 2.70 bits per heavy atom. The second-order valence-electron chi connectivity index (χ2n) is 6.04. The Morgan fingerprint density at radius 1 is 1.35 bits per heavy atom. The van der Waals surface area contributed by atoms with Gasteiger partial charge in [-0.1, -0.05) is 6.07 Å². The van der Waals surface area contributed by atoms with E-state index in [0.717, 1.165) is 38.5 Å². The van der Waals surface area contributed by atoms with Crippen molar-refractivity contribution in [2.24, 2.45) is 0 Å². The number of nitrogens with one attached hydrogen (secondary N) is 1.